The quantitative estimate of drug-likeness (QED) is 0.196. The lowest BCUT2D eigenvalue weighted by molar-refractivity contribution is -0.136. The van der Waals surface area contributed by atoms with E-state index in [0.29, 0.717) is 27.9 Å². The summed E-state index contributed by atoms with van der Waals surface area (Å²) in [6, 6.07) is 18.1. The molecular weight excluding hydrogens is 542 g/mol. The summed E-state index contributed by atoms with van der Waals surface area (Å²) >= 11 is 12.1. The van der Waals surface area contributed by atoms with Crippen molar-refractivity contribution in [2.45, 2.75) is 26.1 Å². The Morgan fingerprint density at radius 2 is 1.66 bits per heavy atom. The van der Waals surface area contributed by atoms with E-state index >= 15 is 0 Å². The molecule has 0 unspecified atom stereocenters. The number of alkyl halides is 3. The normalized spacial score (nSPS) is 11.9. The van der Waals surface area contributed by atoms with Gasteiger partial charge in [-0.2, -0.15) is 18.3 Å². The van der Waals surface area contributed by atoms with Crippen molar-refractivity contribution in [2.75, 3.05) is 0 Å². The van der Waals surface area contributed by atoms with Gasteiger partial charge in [0.05, 0.1) is 17.8 Å². The maximum atomic E-state index is 14.8. The summed E-state index contributed by atoms with van der Waals surface area (Å²) in [7, 11) is 0. The zero-order valence-electron chi connectivity index (χ0n) is 19.9. The highest BCUT2D eigenvalue weighted by Gasteiger charge is 2.34. The van der Waals surface area contributed by atoms with Crippen LogP contribution in [-0.4, -0.2) is 9.78 Å². The summed E-state index contributed by atoms with van der Waals surface area (Å²) in [4.78, 5) is 0. The molecule has 194 valence electrons. The molecule has 1 aromatic heterocycles. The zero-order valence-corrected chi connectivity index (χ0v) is 21.4. The molecule has 1 heterocycles. The fraction of sp³-hybridized carbons (Fsp3) is 0.138. The molecule has 9 heteroatoms. The Bertz CT molecular complexity index is 1670. The van der Waals surface area contributed by atoms with Gasteiger partial charge in [-0.1, -0.05) is 65.7 Å². The Balaban J connectivity index is 1.67. The van der Waals surface area contributed by atoms with Crippen LogP contribution in [0.2, 0.25) is 10.0 Å². The largest absolute Gasteiger partial charge is 0.418 e. The predicted octanol–water partition coefficient (Wildman–Crippen LogP) is 9.25. The summed E-state index contributed by atoms with van der Waals surface area (Å²) in [5.41, 5.74) is 1.46. The van der Waals surface area contributed by atoms with Gasteiger partial charge in [0, 0.05) is 38.5 Å². The van der Waals surface area contributed by atoms with E-state index < -0.39 is 23.4 Å². The van der Waals surface area contributed by atoms with Gasteiger partial charge in [-0.3, -0.25) is 4.68 Å². The van der Waals surface area contributed by atoms with E-state index in [1.54, 1.807) is 49.4 Å². The van der Waals surface area contributed by atoms with Crippen molar-refractivity contribution in [3.8, 4) is 11.3 Å². The number of rotatable bonds is 5. The molecule has 0 N–H and O–H groups in total. The lowest BCUT2D eigenvalue weighted by atomic mass is 9.98. The molecule has 0 aliphatic carbocycles. The van der Waals surface area contributed by atoms with Gasteiger partial charge in [-0.05, 0) is 48.4 Å². The summed E-state index contributed by atoms with van der Waals surface area (Å²) in [5, 5.41) is 5.02. The van der Waals surface area contributed by atoms with Crippen LogP contribution in [0.4, 0.5) is 22.0 Å². The fourth-order valence-corrected chi connectivity index (χ4v) is 4.89. The third kappa shape index (κ3) is 5.00. The van der Waals surface area contributed by atoms with Crippen LogP contribution in [0.25, 0.3) is 22.2 Å². The molecule has 38 heavy (non-hydrogen) atoms. The smallest absolute Gasteiger partial charge is 0.259 e. The summed E-state index contributed by atoms with van der Waals surface area (Å²) < 4.78 is 72.3. The lowest BCUT2D eigenvalue weighted by Gasteiger charge is -2.12. The number of aryl methyl sites for hydroxylation is 1. The lowest BCUT2D eigenvalue weighted by Crippen LogP contribution is -2.07. The van der Waals surface area contributed by atoms with E-state index in [0.717, 1.165) is 12.1 Å². The maximum Gasteiger partial charge on any atom is 0.418 e. The topological polar surface area (TPSA) is 17.8 Å². The van der Waals surface area contributed by atoms with Crippen LogP contribution in [-0.2, 0) is 19.1 Å². The molecule has 0 spiro atoms. The second-order valence-corrected chi connectivity index (χ2v) is 9.82. The average molecular weight is 561 g/mol. The minimum atomic E-state index is -4.64. The number of hydrogen-bond donors (Lipinski definition) is 0. The molecule has 0 saturated heterocycles. The van der Waals surface area contributed by atoms with Crippen molar-refractivity contribution >= 4 is 34.1 Å². The highest BCUT2D eigenvalue weighted by atomic mass is 35.5. The molecule has 2 nitrogen and oxygen atoms in total. The minimum Gasteiger partial charge on any atom is -0.259 e. The van der Waals surface area contributed by atoms with Crippen LogP contribution < -0.4 is 0 Å². The molecule has 0 atom stereocenters. The second-order valence-electron chi connectivity index (χ2n) is 8.98. The first-order chi connectivity index (χ1) is 18.0. The highest BCUT2D eigenvalue weighted by molar-refractivity contribution is 6.31. The van der Waals surface area contributed by atoms with E-state index in [-0.39, 0.29) is 39.5 Å². The third-order valence-corrected chi connectivity index (χ3v) is 6.96. The molecule has 0 aliphatic heterocycles. The van der Waals surface area contributed by atoms with Gasteiger partial charge in [0.25, 0.3) is 0 Å². The van der Waals surface area contributed by atoms with E-state index in [1.807, 2.05) is 0 Å². The van der Waals surface area contributed by atoms with Gasteiger partial charge in [0.15, 0.2) is 0 Å². The molecule has 4 aromatic carbocycles. The standard InChI is InChI=1S/C29H19Cl2F5N2/c1-16-8-11-24(31)22(26(16)33)13-17-4-2-5-18(12-17)28-21-6-3-7-23(29(34,35)36)27(21)37-38(28)15-19-9-10-20(30)14-25(19)32/h2-12,14H,13,15H2,1H3. The van der Waals surface area contributed by atoms with Gasteiger partial charge < -0.3 is 0 Å². The third-order valence-electron chi connectivity index (χ3n) is 6.37. The van der Waals surface area contributed by atoms with E-state index in [4.69, 9.17) is 23.2 Å². The average Bonchev–Trinajstić information content (AvgIpc) is 3.23. The number of benzene rings is 4. The number of halogens is 7. The molecule has 0 amide bonds. The van der Waals surface area contributed by atoms with Crippen molar-refractivity contribution < 1.29 is 22.0 Å². The molecule has 0 aliphatic rings. The van der Waals surface area contributed by atoms with Crippen molar-refractivity contribution in [2.24, 2.45) is 0 Å². The first kappa shape index (κ1) is 26.2. The van der Waals surface area contributed by atoms with Crippen LogP contribution in [0.15, 0.2) is 72.8 Å². The monoisotopic (exact) mass is 560 g/mol. The molecule has 5 aromatic rings. The SMILES string of the molecule is Cc1ccc(Cl)c(Cc2cccc(-c3c4cccc(C(F)(F)F)c4nn3Cc3ccc(Cl)cc3F)c2)c1F. The number of nitrogens with zero attached hydrogens (tertiary/aromatic N) is 2. The van der Waals surface area contributed by atoms with E-state index in [1.165, 1.54) is 22.9 Å². The van der Waals surface area contributed by atoms with Gasteiger partial charge in [0.1, 0.15) is 17.2 Å². The molecule has 0 fully saturated rings. The summed E-state index contributed by atoms with van der Waals surface area (Å²) in [6.45, 7) is 1.51. The Morgan fingerprint density at radius 1 is 0.895 bits per heavy atom. The van der Waals surface area contributed by atoms with E-state index in [2.05, 4.69) is 5.10 Å². The Morgan fingerprint density at radius 3 is 2.39 bits per heavy atom. The fourth-order valence-electron chi connectivity index (χ4n) is 4.52. The molecule has 0 saturated carbocycles. The highest BCUT2D eigenvalue weighted by Crippen LogP contribution is 2.38. The van der Waals surface area contributed by atoms with Crippen LogP contribution >= 0.6 is 23.2 Å². The summed E-state index contributed by atoms with van der Waals surface area (Å²) in [6.07, 6.45) is -4.46. The van der Waals surface area contributed by atoms with Gasteiger partial charge in [0.2, 0.25) is 0 Å². The van der Waals surface area contributed by atoms with Crippen molar-refractivity contribution in [3.05, 3.63) is 122 Å². The van der Waals surface area contributed by atoms with Crippen LogP contribution in [0, 0.1) is 18.6 Å². The number of fused-ring (bicyclic) bond motifs is 1. The minimum absolute atomic E-state index is 0.132. The van der Waals surface area contributed by atoms with Crippen LogP contribution in [0.3, 0.4) is 0 Å². The number of hydrogen-bond acceptors (Lipinski definition) is 1. The van der Waals surface area contributed by atoms with Gasteiger partial charge in [-0.25, -0.2) is 8.78 Å². The molecule has 0 bridgehead atoms. The zero-order chi connectivity index (χ0) is 27.2. The van der Waals surface area contributed by atoms with Crippen LogP contribution in [0.1, 0.15) is 27.8 Å². The Kier molecular flexibility index (Phi) is 6.92. The number of aromatic nitrogens is 2. The molecule has 5 rings (SSSR count). The van der Waals surface area contributed by atoms with Gasteiger partial charge in [-0.15, -0.1) is 0 Å². The molecule has 0 radical (unpaired) electrons. The first-order valence-corrected chi connectivity index (χ1v) is 12.3. The first-order valence-electron chi connectivity index (χ1n) is 11.6. The Hall–Kier alpha value is -3.42. The van der Waals surface area contributed by atoms with E-state index in [9.17, 15) is 22.0 Å². The van der Waals surface area contributed by atoms with Gasteiger partial charge >= 0.3 is 6.18 Å². The van der Waals surface area contributed by atoms with Crippen molar-refractivity contribution in [1.29, 1.82) is 0 Å². The van der Waals surface area contributed by atoms with Crippen molar-refractivity contribution in [3.63, 3.8) is 0 Å². The second kappa shape index (κ2) is 10.0. The van der Waals surface area contributed by atoms with Crippen LogP contribution in [0.5, 0.6) is 0 Å². The maximum absolute atomic E-state index is 14.8. The Labute approximate surface area is 225 Å². The van der Waals surface area contributed by atoms with Crippen molar-refractivity contribution in [1.82, 2.24) is 9.78 Å². The predicted molar refractivity (Wildman–Crippen MR) is 140 cm³/mol. The molecular formula is C29H19Cl2F5N2. The summed E-state index contributed by atoms with van der Waals surface area (Å²) in [5.74, 6) is -1.01.